The Labute approximate surface area is 101 Å². The molecule has 0 aromatic heterocycles. The molecule has 2 rings (SSSR count). The summed E-state index contributed by atoms with van der Waals surface area (Å²) in [7, 11) is 0. The third-order valence-corrected chi connectivity index (χ3v) is 3.39. The van der Waals surface area contributed by atoms with Crippen LogP contribution in [0.25, 0.3) is 0 Å². The minimum Gasteiger partial charge on any atom is -0.409 e. The summed E-state index contributed by atoms with van der Waals surface area (Å²) < 4.78 is 0. The van der Waals surface area contributed by atoms with E-state index in [1.807, 2.05) is 0 Å². The molecule has 0 atom stereocenters. The van der Waals surface area contributed by atoms with Crippen LogP contribution >= 0.6 is 0 Å². The van der Waals surface area contributed by atoms with Crippen LogP contribution in [-0.2, 0) is 0 Å². The topological polar surface area (TPSA) is 91.0 Å². The molecular formula is C11H20N4O2. The van der Waals surface area contributed by atoms with Crippen LogP contribution in [0.2, 0.25) is 0 Å². The number of hydrogen-bond donors (Lipinski definition) is 3. The van der Waals surface area contributed by atoms with E-state index in [-0.39, 0.29) is 24.5 Å². The van der Waals surface area contributed by atoms with E-state index in [1.54, 1.807) is 4.90 Å². The number of amidine groups is 1. The average Bonchev–Trinajstić information content (AvgIpc) is 2.97. The third-order valence-electron chi connectivity index (χ3n) is 3.39. The smallest absolute Gasteiger partial charge is 0.318 e. The Bertz CT molecular complexity index is 309. The fourth-order valence-corrected chi connectivity index (χ4v) is 2.27. The maximum atomic E-state index is 12.1. The van der Waals surface area contributed by atoms with Gasteiger partial charge in [-0.1, -0.05) is 18.0 Å². The summed E-state index contributed by atoms with van der Waals surface area (Å²) in [5.41, 5.74) is 5.50. The molecular weight excluding hydrogens is 220 g/mol. The highest BCUT2D eigenvalue weighted by atomic mass is 16.4. The molecule has 2 fully saturated rings. The fraction of sp³-hybridized carbons (Fsp3) is 0.818. The summed E-state index contributed by atoms with van der Waals surface area (Å²) in [4.78, 5) is 13.8. The third kappa shape index (κ3) is 3.25. The van der Waals surface area contributed by atoms with Crippen LogP contribution in [0.3, 0.4) is 0 Å². The van der Waals surface area contributed by atoms with Crippen molar-refractivity contribution in [1.82, 2.24) is 10.2 Å². The molecule has 2 aliphatic rings. The maximum absolute atomic E-state index is 12.1. The van der Waals surface area contributed by atoms with E-state index in [4.69, 9.17) is 10.9 Å². The highest BCUT2D eigenvalue weighted by molar-refractivity contribution is 5.86. The Morgan fingerprint density at radius 2 is 2.00 bits per heavy atom. The van der Waals surface area contributed by atoms with Crippen molar-refractivity contribution in [2.45, 2.75) is 50.6 Å². The van der Waals surface area contributed by atoms with E-state index < -0.39 is 0 Å². The van der Waals surface area contributed by atoms with Crippen molar-refractivity contribution < 1.29 is 10.0 Å². The number of amides is 2. The zero-order chi connectivity index (χ0) is 12.3. The zero-order valence-corrected chi connectivity index (χ0v) is 9.93. The van der Waals surface area contributed by atoms with Crippen LogP contribution in [0.1, 0.15) is 38.5 Å². The fourth-order valence-electron chi connectivity index (χ4n) is 2.27. The summed E-state index contributed by atoms with van der Waals surface area (Å²) in [6.45, 7) is 0.208. The van der Waals surface area contributed by atoms with Crippen molar-refractivity contribution in [3.8, 4) is 0 Å². The molecule has 6 heteroatoms. The molecule has 0 spiro atoms. The number of nitrogens with two attached hydrogens (primary N) is 1. The first-order valence-electron chi connectivity index (χ1n) is 6.24. The number of carbonyl (C=O) groups excluding carboxylic acids is 1. The van der Waals surface area contributed by atoms with E-state index in [0.717, 1.165) is 38.5 Å². The monoisotopic (exact) mass is 240 g/mol. The molecule has 4 N–H and O–H groups in total. The first kappa shape index (κ1) is 12.0. The second-order valence-corrected chi connectivity index (χ2v) is 4.88. The maximum Gasteiger partial charge on any atom is 0.318 e. The molecule has 0 bridgehead atoms. The van der Waals surface area contributed by atoms with Crippen molar-refractivity contribution in [1.29, 1.82) is 0 Å². The van der Waals surface area contributed by atoms with Gasteiger partial charge in [0.15, 0.2) is 5.84 Å². The Morgan fingerprint density at radius 1 is 1.35 bits per heavy atom. The van der Waals surface area contributed by atoms with Crippen LogP contribution in [-0.4, -0.2) is 40.6 Å². The molecule has 0 saturated heterocycles. The van der Waals surface area contributed by atoms with Gasteiger partial charge in [0, 0.05) is 12.1 Å². The molecule has 2 amide bonds. The predicted molar refractivity (Wildman–Crippen MR) is 63.9 cm³/mol. The number of nitrogens with one attached hydrogen (secondary N) is 1. The number of urea groups is 1. The Kier molecular flexibility index (Phi) is 3.71. The second kappa shape index (κ2) is 5.25. The van der Waals surface area contributed by atoms with Crippen LogP contribution in [0.5, 0.6) is 0 Å². The highest BCUT2D eigenvalue weighted by Gasteiger charge is 2.31. The quantitative estimate of drug-likeness (QED) is 0.294. The summed E-state index contributed by atoms with van der Waals surface area (Å²) in [5, 5.41) is 14.5. The standard InChI is InChI=1S/C11H20N4O2/c12-10(14-17)7-15(9-3-1-2-4-9)11(16)13-8-5-6-8/h8-9,17H,1-7H2,(H2,12,14)(H,13,16). The van der Waals surface area contributed by atoms with Gasteiger partial charge in [-0.3, -0.25) is 0 Å². The van der Waals surface area contributed by atoms with Crippen molar-refractivity contribution in [2.75, 3.05) is 6.54 Å². The molecule has 0 unspecified atom stereocenters. The largest absolute Gasteiger partial charge is 0.409 e. The predicted octanol–water partition coefficient (Wildman–Crippen LogP) is 0.849. The van der Waals surface area contributed by atoms with Gasteiger partial charge in [0.2, 0.25) is 0 Å². The summed E-state index contributed by atoms with van der Waals surface area (Å²) in [6, 6.07) is 0.485. The van der Waals surface area contributed by atoms with Gasteiger partial charge >= 0.3 is 6.03 Å². The molecule has 6 nitrogen and oxygen atoms in total. The van der Waals surface area contributed by atoms with Crippen molar-refractivity contribution in [3.63, 3.8) is 0 Å². The SMILES string of the molecule is NC(CN(C(=O)NC1CC1)C1CCCC1)=NO. The molecule has 17 heavy (non-hydrogen) atoms. The van der Waals surface area contributed by atoms with Crippen molar-refractivity contribution >= 4 is 11.9 Å². The van der Waals surface area contributed by atoms with Gasteiger partial charge in [-0.15, -0.1) is 0 Å². The average molecular weight is 240 g/mol. The molecule has 2 saturated carbocycles. The molecule has 0 aromatic rings. The number of rotatable bonds is 4. The highest BCUT2D eigenvalue weighted by Crippen LogP contribution is 2.25. The van der Waals surface area contributed by atoms with Gasteiger partial charge < -0.3 is 21.2 Å². The van der Waals surface area contributed by atoms with E-state index in [2.05, 4.69) is 10.5 Å². The number of nitrogens with zero attached hydrogens (tertiary/aromatic N) is 2. The number of carbonyl (C=O) groups is 1. The van der Waals surface area contributed by atoms with Gasteiger partial charge in [0.1, 0.15) is 0 Å². The van der Waals surface area contributed by atoms with Gasteiger partial charge in [0.25, 0.3) is 0 Å². The lowest BCUT2D eigenvalue weighted by Gasteiger charge is -2.28. The molecule has 96 valence electrons. The van der Waals surface area contributed by atoms with Crippen LogP contribution in [0.4, 0.5) is 4.79 Å². The van der Waals surface area contributed by atoms with Crippen molar-refractivity contribution in [3.05, 3.63) is 0 Å². The van der Waals surface area contributed by atoms with Crippen molar-refractivity contribution in [2.24, 2.45) is 10.9 Å². The second-order valence-electron chi connectivity index (χ2n) is 4.88. The number of oxime groups is 1. The van der Waals surface area contributed by atoms with Crippen LogP contribution < -0.4 is 11.1 Å². The zero-order valence-electron chi connectivity index (χ0n) is 9.93. The minimum atomic E-state index is -0.0778. The Balaban J connectivity index is 1.96. The van der Waals surface area contributed by atoms with Gasteiger partial charge in [0.05, 0.1) is 6.54 Å². The number of hydrogen-bond acceptors (Lipinski definition) is 3. The van der Waals surface area contributed by atoms with E-state index in [9.17, 15) is 4.79 Å². The van der Waals surface area contributed by atoms with E-state index in [1.165, 1.54) is 0 Å². The lowest BCUT2D eigenvalue weighted by atomic mass is 10.2. The van der Waals surface area contributed by atoms with Crippen LogP contribution in [0, 0.1) is 0 Å². The van der Waals surface area contributed by atoms with Gasteiger partial charge in [-0.05, 0) is 25.7 Å². The molecule has 0 heterocycles. The summed E-state index contributed by atoms with van der Waals surface area (Å²) in [5.74, 6) is 0.0860. The first-order chi connectivity index (χ1) is 8.20. The minimum absolute atomic E-state index is 0.0778. The van der Waals surface area contributed by atoms with Crippen LogP contribution in [0.15, 0.2) is 5.16 Å². The Hall–Kier alpha value is -1.46. The molecule has 0 aliphatic heterocycles. The lowest BCUT2D eigenvalue weighted by Crippen LogP contribution is -2.49. The lowest BCUT2D eigenvalue weighted by molar-refractivity contribution is 0.183. The first-order valence-corrected chi connectivity index (χ1v) is 6.24. The van der Waals surface area contributed by atoms with Gasteiger partial charge in [-0.2, -0.15) is 0 Å². The van der Waals surface area contributed by atoms with E-state index >= 15 is 0 Å². The summed E-state index contributed by atoms with van der Waals surface area (Å²) in [6.07, 6.45) is 6.44. The van der Waals surface area contributed by atoms with E-state index in [0.29, 0.717) is 6.04 Å². The molecule has 0 aromatic carbocycles. The molecule has 0 radical (unpaired) electrons. The normalized spacial score (nSPS) is 21.5. The summed E-state index contributed by atoms with van der Waals surface area (Å²) >= 11 is 0. The molecule has 2 aliphatic carbocycles. The Morgan fingerprint density at radius 3 is 2.53 bits per heavy atom. The van der Waals surface area contributed by atoms with Gasteiger partial charge in [-0.25, -0.2) is 4.79 Å².